The highest BCUT2D eigenvalue weighted by atomic mass is 35.7. The highest BCUT2D eigenvalue weighted by Gasteiger charge is 2.42. The average molecular weight is 1680 g/mol. The predicted octanol–water partition coefficient (Wildman–Crippen LogP) is 10.3. The Kier molecular flexibility index (Phi) is 32.1. The smallest absolute Gasteiger partial charge is 0.261 e. The number of sulfonamides is 3. The summed E-state index contributed by atoms with van der Waals surface area (Å²) in [6, 6.07) is 13.9. The summed E-state index contributed by atoms with van der Waals surface area (Å²) in [4.78, 5) is 19.5. The number of alkyl halides is 8. The Hall–Kier alpha value is -4.72. The van der Waals surface area contributed by atoms with E-state index in [-0.39, 0.29) is 97.5 Å². The summed E-state index contributed by atoms with van der Waals surface area (Å²) < 4.78 is 222. The number of hydrogen-bond donors (Lipinski definition) is 3. The average Bonchev–Trinajstić information content (AvgIpc) is 1.00. The number of aryl methyl sites for hydroxylation is 2. The largest absolute Gasteiger partial charge is 0.379 e. The third-order valence-corrected chi connectivity index (χ3v) is 23.9. The number of pyridine rings is 4. The zero-order valence-electron chi connectivity index (χ0n) is 56.0. The lowest BCUT2D eigenvalue weighted by molar-refractivity contribution is -0.0419. The zero-order valence-corrected chi connectivity index (χ0v) is 63.8. The molecule has 0 atom stereocenters. The first kappa shape index (κ1) is 86.5. The van der Waals surface area contributed by atoms with Crippen molar-refractivity contribution in [3.63, 3.8) is 0 Å². The number of piperidine rings is 4. The first-order valence-corrected chi connectivity index (χ1v) is 40.7. The Bertz CT molecular complexity index is 4150. The second-order valence-electron chi connectivity index (χ2n) is 23.9. The molecule has 44 heteroatoms. The van der Waals surface area contributed by atoms with Crippen LogP contribution in [-0.4, -0.2) is 241 Å². The summed E-state index contributed by atoms with van der Waals surface area (Å²) in [6.07, 6.45) is 0.589. The van der Waals surface area contributed by atoms with Crippen molar-refractivity contribution in [2.45, 2.75) is 108 Å². The van der Waals surface area contributed by atoms with Crippen LogP contribution in [0.2, 0.25) is 25.8 Å². The highest BCUT2D eigenvalue weighted by molar-refractivity contribution is 8.13. The van der Waals surface area contributed by atoms with Gasteiger partial charge in [0.05, 0.1) is 64.9 Å². The van der Waals surface area contributed by atoms with Gasteiger partial charge in [-0.05, 0) is 56.3 Å². The molecule has 104 heavy (non-hydrogen) atoms. The maximum absolute atomic E-state index is 13.5. The number of halogens is 14. The van der Waals surface area contributed by atoms with E-state index in [0.717, 1.165) is 74.9 Å². The van der Waals surface area contributed by atoms with E-state index < -0.39 is 101 Å². The van der Waals surface area contributed by atoms with Crippen LogP contribution in [0.5, 0.6) is 0 Å². The summed E-state index contributed by atoms with van der Waals surface area (Å²) >= 11 is 28.1. The van der Waals surface area contributed by atoms with Crippen molar-refractivity contribution in [3.05, 3.63) is 110 Å². The zero-order chi connectivity index (χ0) is 76.3. The minimum absolute atomic E-state index is 0.00694. The van der Waals surface area contributed by atoms with Crippen molar-refractivity contribution >= 4 is 119 Å². The van der Waals surface area contributed by atoms with Gasteiger partial charge in [0, 0.05) is 190 Å². The molecule has 0 bridgehead atoms. The van der Waals surface area contributed by atoms with E-state index >= 15 is 0 Å². The maximum Gasteiger partial charge on any atom is 0.261 e. The second-order valence-corrected chi connectivity index (χ2v) is 34.2. The van der Waals surface area contributed by atoms with Crippen LogP contribution in [0.15, 0.2) is 92.6 Å². The summed E-state index contributed by atoms with van der Waals surface area (Å²) in [5.41, 5.74) is 1.88. The Balaban J connectivity index is 0.000000182. The fourth-order valence-corrected chi connectivity index (χ4v) is 16.9. The molecular weight excluding hydrogens is 1600 g/mol. The van der Waals surface area contributed by atoms with Crippen LogP contribution >= 0.6 is 68.7 Å². The van der Waals surface area contributed by atoms with Crippen LogP contribution in [-0.2, 0) is 53.3 Å². The molecule has 0 amide bonds. The number of hydrogen-bond acceptors (Lipinski definition) is 21. The van der Waals surface area contributed by atoms with Crippen LogP contribution in [0.3, 0.4) is 0 Å². The number of nitrogens with zero attached hydrogens (tertiary/aromatic N) is 12. The lowest BCUT2D eigenvalue weighted by atomic mass is 10.1. The number of ether oxygens (including phenoxy) is 3. The molecule has 580 valence electrons. The van der Waals surface area contributed by atoms with Gasteiger partial charge in [-0.2, -0.15) is 23.1 Å². The van der Waals surface area contributed by atoms with E-state index in [0.29, 0.717) is 83.1 Å². The van der Waals surface area contributed by atoms with Crippen LogP contribution in [0, 0.1) is 13.8 Å². The molecule has 13 rings (SSSR count). The summed E-state index contributed by atoms with van der Waals surface area (Å²) in [5, 5.41) is 16.7. The lowest BCUT2D eigenvalue weighted by Gasteiger charge is -2.32. The Morgan fingerprint density at radius 3 is 1.06 bits per heavy atom. The van der Waals surface area contributed by atoms with Crippen LogP contribution in [0.4, 0.5) is 46.8 Å². The van der Waals surface area contributed by atoms with Gasteiger partial charge in [-0.3, -0.25) is 5.10 Å². The van der Waals surface area contributed by atoms with Crippen molar-refractivity contribution in [3.8, 4) is 5.82 Å². The van der Waals surface area contributed by atoms with E-state index in [9.17, 15) is 68.8 Å². The Labute approximate surface area is 627 Å². The molecule has 7 aliphatic heterocycles. The van der Waals surface area contributed by atoms with Crippen molar-refractivity contribution < 1.29 is 83.0 Å². The number of H-pyrrole nitrogens is 1. The first-order chi connectivity index (χ1) is 48.7. The highest BCUT2D eigenvalue weighted by Crippen LogP contribution is 2.36. The van der Waals surface area contributed by atoms with Gasteiger partial charge < -0.3 is 34.6 Å². The van der Waals surface area contributed by atoms with Gasteiger partial charge in [-0.15, -0.1) is 0 Å². The molecule has 0 saturated carbocycles. The van der Waals surface area contributed by atoms with Gasteiger partial charge in [0.25, 0.3) is 32.7 Å². The number of aromatic nitrogens is 8. The number of rotatable bonds is 10. The maximum atomic E-state index is 13.5. The third-order valence-electron chi connectivity index (χ3n) is 16.0. The number of anilines is 2. The van der Waals surface area contributed by atoms with Crippen molar-refractivity contribution in [1.29, 1.82) is 0 Å². The molecule has 7 saturated heterocycles. The molecular formula is C60H77Cl6F8N15O11S4. The van der Waals surface area contributed by atoms with Crippen molar-refractivity contribution in [2.24, 2.45) is 0 Å². The first-order valence-electron chi connectivity index (χ1n) is 32.2. The molecule has 0 aromatic carbocycles. The number of aromatic amines is 1. The summed E-state index contributed by atoms with van der Waals surface area (Å²) in [5.74, 6) is -9.50. The fraction of sp³-hybridized carbons (Fsp3) is 0.567. The molecule has 0 radical (unpaired) electrons. The molecule has 13 heterocycles. The molecule has 6 aromatic heterocycles. The van der Waals surface area contributed by atoms with E-state index in [1.165, 1.54) is 28.9 Å². The third kappa shape index (κ3) is 27.4. The molecule has 7 aliphatic rings. The molecule has 6 aromatic rings. The quantitative estimate of drug-likeness (QED) is 0.0652. The lowest BCUT2D eigenvalue weighted by Crippen LogP contribution is -2.42. The van der Waals surface area contributed by atoms with Gasteiger partial charge in [-0.25, -0.2) is 93.4 Å². The summed E-state index contributed by atoms with van der Waals surface area (Å²) in [7, 11) is -10.4. The summed E-state index contributed by atoms with van der Waals surface area (Å²) in [6.45, 7) is 11.7. The molecule has 0 unspecified atom stereocenters. The van der Waals surface area contributed by atoms with Crippen molar-refractivity contribution in [2.75, 3.05) is 141 Å². The molecule has 0 spiro atoms. The Morgan fingerprint density at radius 2 is 0.750 bits per heavy atom. The van der Waals surface area contributed by atoms with Gasteiger partial charge in [0.1, 0.15) is 37.4 Å². The van der Waals surface area contributed by atoms with Gasteiger partial charge in [0.2, 0.25) is 30.1 Å². The van der Waals surface area contributed by atoms with Gasteiger partial charge in [0.15, 0.2) is 5.82 Å². The molecule has 3 N–H and O–H groups in total. The van der Waals surface area contributed by atoms with Crippen LogP contribution < -0.4 is 20.4 Å². The van der Waals surface area contributed by atoms with Crippen LogP contribution in [0.25, 0.3) is 5.82 Å². The van der Waals surface area contributed by atoms with E-state index in [1.807, 2.05) is 29.7 Å². The second kappa shape index (κ2) is 38.6. The van der Waals surface area contributed by atoms with E-state index in [2.05, 4.69) is 45.9 Å². The monoisotopic (exact) mass is 1670 g/mol. The molecule has 7 fully saturated rings. The van der Waals surface area contributed by atoms with Gasteiger partial charge >= 0.3 is 0 Å². The molecule has 26 nitrogen and oxygen atoms in total. The fourth-order valence-electron chi connectivity index (χ4n) is 10.2. The normalized spacial score (nSPS) is 20.1. The van der Waals surface area contributed by atoms with E-state index in [1.54, 1.807) is 18.5 Å². The van der Waals surface area contributed by atoms with Crippen molar-refractivity contribution in [1.82, 2.24) is 63.5 Å². The number of nitrogens with one attached hydrogen (secondary N) is 3. The SMILES string of the molecule is C1COCCN1.Cc1ccn(-c2cc(S(=O)(=O)N3CCC(F)(F)CC3)cc(N3CCOCC3)n2)n1.Cc1ccn[nH]1.FC1(F)CCNCC1.O=S(=O)(Cl)c1cc(Cl)nc(Cl)c1.O=S(=O)(c1cc(Cl)nc(Cl)c1)N1CCC(F)(F)CC1.O=S(=O)(c1cc(Cl)nc(N2CCOCC2)c1)N1CCC(F)(F)CC1. The Morgan fingerprint density at radius 1 is 0.413 bits per heavy atom. The topological polar surface area (TPSA) is 303 Å². The van der Waals surface area contributed by atoms with Crippen LogP contribution in [0.1, 0.15) is 62.8 Å². The number of morpholine rings is 3. The molecule has 0 aliphatic carbocycles. The van der Waals surface area contributed by atoms with Gasteiger partial charge in [-0.1, -0.05) is 58.0 Å². The van der Waals surface area contributed by atoms with E-state index in [4.69, 9.17) is 82.9 Å². The minimum atomic E-state index is -3.94. The standard InChI is InChI=1S/C18H23F2N5O3S.C14H18ClF2N3O3S.C10H10Cl2F2N2O2S.C5H2Cl3NO2S.C5H9F2N.C4H6N2.C4H9NO/c1-14-2-5-25(22-14)17-13-15(12-16(21-17)23-8-10-28-11-9-23)29(26,27)24-6-3-18(19,20)4-7-24;15-12-9-11(10-13(18-12)19-5-7-23-8-6-19)24(21,22)20-3-1-14(16,17)2-4-20;11-8-5-7(6-9(12)15-8)19(17,18)16-3-1-10(13,14)2-4-16;6-4-1-3(12(8,10)11)2-5(7)9-4;6-5(7)1-3-8-4-2-5;1-4-2-3-5-6-4;1-3-6-4-2-5-1/h2,5,12-13H,3-4,6-11H2,1H3;9-10H,1-8H2;5-6H,1-4H2;1-2H;8H,1-4H2;2-3H,1H3,(H,5,6);5H,1-4H2. The minimum Gasteiger partial charge on any atom is -0.379 e. The predicted molar refractivity (Wildman–Crippen MR) is 376 cm³/mol.